The van der Waals surface area contributed by atoms with E-state index in [1.165, 1.54) is 18.4 Å². The minimum absolute atomic E-state index is 0.152. The van der Waals surface area contributed by atoms with Crippen molar-refractivity contribution in [2.75, 3.05) is 19.7 Å². The Bertz CT molecular complexity index is 460. The van der Waals surface area contributed by atoms with Gasteiger partial charge in [-0.3, -0.25) is 4.79 Å². The van der Waals surface area contributed by atoms with E-state index in [1.54, 1.807) is 0 Å². The zero-order chi connectivity index (χ0) is 13.2. The number of hydrogen-bond acceptors (Lipinski definition) is 2. The van der Waals surface area contributed by atoms with Gasteiger partial charge in [0, 0.05) is 25.3 Å². The van der Waals surface area contributed by atoms with Crippen LogP contribution in [0.25, 0.3) is 0 Å². The lowest BCUT2D eigenvalue weighted by Crippen LogP contribution is -2.39. The predicted molar refractivity (Wildman–Crippen MR) is 74.1 cm³/mol. The second kappa shape index (κ2) is 5.33. The monoisotopic (exact) mass is 259 g/mol. The smallest absolute Gasteiger partial charge is 0.253 e. The van der Waals surface area contributed by atoms with Crippen LogP contribution in [0.5, 0.6) is 0 Å². The molecule has 1 amide bonds. The van der Waals surface area contributed by atoms with Crippen molar-refractivity contribution in [2.24, 2.45) is 5.92 Å². The van der Waals surface area contributed by atoms with Gasteiger partial charge in [-0.05, 0) is 55.2 Å². The molecule has 0 spiro atoms. The maximum atomic E-state index is 12.5. The van der Waals surface area contributed by atoms with Crippen LogP contribution in [0.1, 0.15) is 47.5 Å². The van der Waals surface area contributed by atoms with Crippen molar-refractivity contribution in [1.82, 2.24) is 4.90 Å². The lowest BCUT2D eigenvalue weighted by atomic mass is 9.97. The van der Waals surface area contributed by atoms with Gasteiger partial charge in [-0.15, -0.1) is 0 Å². The number of likely N-dealkylation sites (tertiary alicyclic amines) is 1. The van der Waals surface area contributed by atoms with E-state index in [9.17, 15) is 4.79 Å². The molecule has 0 unspecified atom stereocenters. The highest BCUT2D eigenvalue weighted by molar-refractivity contribution is 5.94. The van der Waals surface area contributed by atoms with Crippen molar-refractivity contribution < 1.29 is 9.90 Å². The Morgan fingerprint density at radius 2 is 1.95 bits per heavy atom. The third-order valence-corrected chi connectivity index (χ3v) is 4.34. The molecule has 0 atom stereocenters. The number of carbonyl (C=O) groups is 1. The van der Waals surface area contributed by atoms with Crippen LogP contribution in [-0.4, -0.2) is 35.6 Å². The van der Waals surface area contributed by atoms with Crippen molar-refractivity contribution in [3.63, 3.8) is 0 Å². The van der Waals surface area contributed by atoms with Crippen molar-refractivity contribution in [2.45, 2.75) is 31.6 Å². The first-order valence-electron chi connectivity index (χ1n) is 7.28. The van der Waals surface area contributed by atoms with E-state index in [2.05, 4.69) is 12.1 Å². The zero-order valence-corrected chi connectivity index (χ0v) is 11.2. The molecule has 1 aromatic rings. The van der Waals surface area contributed by atoms with Crippen molar-refractivity contribution >= 4 is 5.91 Å². The Morgan fingerprint density at radius 1 is 1.21 bits per heavy atom. The van der Waals surface area contributed by atoms with Gasteiger partial charge in [-0.1, -0.05) is 12.1 Å². The summed E-state index contributed by atoms with van der Waals surface area (Å²) in [6.45, 7) is 1.80. The number of benzene rings is 1. The van der Waals surface area contributed by atoms with Gasteiger partial charge in [0.2, 0.25) is 0 Å². The van der Waals surface area contributed by atoms with Crippen LogP contribution in [0.4, 0.5) is 0 Å². The van der Waals surface area contributed by atoms with E-state index in [-0.39, 0.29) is 12.5 Å². The molecular weight excluding hydrogens is 238 g/mol. The van der Waals surface area contributed by atoms with Crippen LogP contribution in [0.15, 0.2) is 24.3 Å². The number of aliphatic hydroxyl groups excluding tert-OH is 1. The fourth-order valence-corrected chi connectivity index (χ4v) is 2.84. The van der Waals surface area contributed by atoms with Gasteiger partial charge in [0.05, 0.1) is 0 Å². The van der Waals surface area contributed by atoms with E-state index in [0.29, 0.717) is 11.8 Å². The molecule has 3 nitrogen and oxygen atoms in total. The largest absolute Gasteiger partial charge is 0.396 e. The topological polar surface area (TPSA) is 40.5 Å². The third kappa shape index (κ3) is 2.81. The molecule has 1 heterocycles. The van der Waals surface area contributed by atoms with Crippen LogP contribution in [0, 0.1) is 5.92 Å². The normalized spacial score (nSPS) is 20.6. The maximum absolute atomic E-state index is 12.5. The fourth-order valence-electron chi connectivity index (χ4n) is 2.84. The Hall–Kier alpha value is -1.35. The molecular formula is C16H21NO2. The number of piperidine rings is 1. The molecule has 3 rings (SSSR count). The molecule has 2 fully saturated rings. The molecule has 1 aliphatic heterocycles. The SMILES string of the molecule is O=C(c1cccc(C2CC2)c1)N1CCC(CO)CC1. The summed E-state index contributed by atoms with van der Waals surface area (Å²) in [5.74, 6) is 1.22. The Kier molecular flexibility index (Phi) is 3.56. The van der Waals surface area contributed by atoms with Crippen LogP contribution in [0.2, 0.25) is 0 Å². The molecule has 0 bridgehead atoms. The maximum Gasteiger partial charge on any atom is 0.253 e. The van der Waals surface area contributed by atoms with Gasteiger partial charge in [0.1, 0.15) is 0 Å². The number of amides is 1. The molecule has 1 saturated carbocycles. The van der Waals surface area contributed by atoms with E-state index < -0.39 is 0 Å². The Morgan fingerprint density at radius 3 is 2.58 bits per heavy atom. The lowest BCUT2D eigenvalue weighted by Gasteiger charge is -2.31. The van der Waals surface area contributed by atoms with Crippen LogP contribution < -0.4 is 0 Å². The van der Waals surface area contributed by atoms with Crippen molar-refractivity contribution in [3.05, 3.63) is 35.4 Å². The summed E-state index contributed by atoms with van der Waals surface area (Å²) in [5, 5.41) is 9.13. The number of carbonyl (C=O) groups excluding carboxylic acids is 1. The molecule has 2 aliphatic rings. The summed E-state index contributed by atoms with van der Waals surface area (Å²) >= 11 is 0. The average molecular weight is 259 g/mol. The number of nitrogens with zero attached hydrogens (tertiary/aromatic N) is 1. The minimum Gasteiger partial charge on any atom is -0.396 e. The molecule has 1 saturated heterocycles. The van der Waals surface area contributed by atoms with Crippen LogP contribution in [0.3, 0.4) is 0 Å². The number of rotatable bonds is 3. The second-order valence-electron chi connectivity index (χ2n) is 5.82. The zero-order valence-electron chi connectivity index (χ0n) is 11.2. The quantitative estimate of drug-likeness (QED) is 0.905. The second-order valence-corrected chi connectivity index (χ2v) is 5.82. The molecule has 102 valence electrons. The van der Waals surface area contributed by atoms with Gasteiger partial charge < -0.3 is 10.0 Å². The molecule has 1 aliphatic carbocycles. The number of hydrogen-bond donors (Lipinski definition) is 1. The first-order valence-corrected chi connectivity index (χ1v) is 7.28. The summed E-state index contributed by atoms with van der Waals surface area (Å²) in [4.78, 5) is 14.4. The highest BCUT2D eigenvalue weighted by atomic mass is 16.3. The molecule has 0 radical (unpaired) electrons. The summed E-state index contributed by atoms with van der Waals surface area (Å²) in [7, 11) is 0. The summed E-state index contributed by atoms with van der Waals surface area (Å²) in [5.41, 5.74) is 2.14. The van der Waals surface area contributed by atoms with Crippen LogP contribution >= 0.6 is 0 Å². The lowest BCUT2D eigenvalue weighted by molar-refractivity contribution is 0.0651. The minimum atomic E-state index is 0.152. The van der Waals surface area contributed by atoms with Crippen LogP contribution in [-0.2, 0) is 0 Å². The summed E-state index contributed by atoms with van der Waals surface area (Å²) < 4.78 is 0. The standard InChI is InChI=1S/C16H21NO2/c18-11-12-6-8-17(9-7-12)16(19)15-3-1-2-14(10-15)13-4-5-13/h1-3,10,12-13,18H,4-9,11H2. The Labute approximate surface area is 114 Å². The van der Waals surface area contributed by atoms with E-state index in [1.807, 2.05) is 17.0 Å². The van der Waals surface area contributed by atoms with Gasteiger partial charge >= 0.3 is 0 Å². The fraction of sp³-hybridized carbons (Fsp3) is 0.562. The third-order valence-electron chi connectivity index (χ3n) is 4.34. The molecule has 0 aromatic heterocycles. The van der Waals surface area contributed by atoms with Gasteiger partial charge in [0.15, 0.2) is 0 Å². The van der Waals surface area contributed by atoms with Gasteiger partial charge in [-0.2, -0.15) is 0 Å². The highest BCUT2D eigenvalue weighted by Gasteiger charge is 2.26. The number of aliphatic hydroxyl groups is 1. The molecule has 3 heteroatoms. The predicted octanol–water partition coefficient (Wildman–Crippen LogP) is 2.41. The Balaban J connectivity index is 1.68. The first-order chi connectivity index (χ1) is 9.28. The van der Waals surface area contributed by atoms with E-state index >= 15 is 0 Å². The first kappa shape index (κ1) is 12.7. The van der Waals surface area contributed by atoms with Crippen molar-refractivity contribution in [3.8, 4) is 0 Å². The van der Waals surface area contributed by atoms with E-state index in [4.69, 9.17) is 5.11 Å². The van der Waals surface area contributed by atoms with Crippen molar-refractivity contribution in [1.29, 1.82) is 0 Å². The van der Waals surface area contributed by atoms with Gasteiger partial charge in [-0.25, -0.2) is 0 Å². The molecule has 1 N–H and O–H groups in total. The average Bonchev–Trinajstić information content (AvgIpc) is 3.31. The van der Waals surface area contributed by atoms with E-state index in [0.717, 1.165) is 31.5 Å². The summed E-state index contributed by atoms with van der Waals surface area (Å²) in [6, 6.07) is 8.12. The molecule has 1 aromatic carbocycles. The highest BCUT2D eigenvalue weighted by Crippen LogP contribution is 2.40. The summed E-state index contributed by atoms with van der Waals surface area (Å²) in [6.07, 6.45) is 4.37. The van der Waals surface area contributed by atoms with Gasteiger partial charge in [0.25, 0.3) is 5.91 Å². The molecule has 19 heavy (non-hydrogen) atoms.